The highest BCUT2D eigenvalue weighted by molar-refractivity contribution is 7.16. The molecule has 0 radical (unpaired) electrons. The molecule has 1 unspecified atom stereocenters. The second kappa shape index (κ2) is 5.95. The Labute approximate surface area is 129 Å². The second-order valence-corrected chi connectivity index (χ2v) is 6.31. The molecular formula is C16H20N4S. The maximum atomic E-state index is 6.06. The summed E-state index contributed by atoms with van der Waals surface area (Å²) >= 11 is 1.68. The van der Waals surface area contributed by atoms with E-state index in [0.29, 0.717) is 6.04 Å². The average molecular weight is 300 g/mol. The van der Waals surface area contributed by atoms with Crippen molar-refractivity contribution in [3.8, 4) is 0 Å². The summed E-state index contributed by atoms with van der Waals surface area (Å²) in [4.78, 5) is 10.9. The Hall–Kier alpha value is -1.72. The molecule has 1 aliphatic rings. The molecule has 0 saturated carbocycles. The van der Waals surface area contributed by atoms with Crippen LogP contribution in [-0.2, 0) is 0 Å². The van der Waals surface area contributed by atoms with Gasteiger partial charge in [-0.05, 0) is 31.3 Å². The van der Waals surface area contributed by atoms with E-state index in [1.165, 1.54) is 10.3 Å². The number of aromatic nitrogens is 1. The van der Waals surface area contributed by atoms with Gasteiger partial charge in [0.2, 0.25) is 0 Å². The highest BCUT2D eigenvalue weighted by atomic mass is 32.1. The first-order valence-corrected chi connectivity index (χ1v) is 8.08. The van der Waals surface area contributed by atoms with Crippen LogP contribution in [0.25, 0.3) is 10.2 Å². The van der Waals surface area contributed by atoms with Crippen molar-refractivity contribution < 1.29 is 0 Å². The third-order valence-electron chi connectivity index (χ3n) is 4.25. The standard InChI is InChI=1S/C16H20N4S/c1-11(12-3-4-16-15(9-12)19-10-21-16)20-7-5-13(17)14(18-2)6-8-20/h3-4,9-11H,2,5-8,17H2,1H3. The lowest BCUT2D eigenvalue weighted by molar-refractivity contribution is 0.220. The maximum absolute atomic E-state index is 6.06. The molecule has 0 amide bonds. The number of rotatable bonds is 3. The third-order valence-corrected chi connectivity index (χ3v) is 5.06. The molecular weight excluding hydrogens is 280 g/mol. The molecule has 2 aromatic rings. The Morgan fingerprint density at radius 3 is 3.00 bits per heavy atom. The lowest BCUT2D eigenvalue weighted by Gasteiger charge is -2.28. The quantitative estimate of drug-likeness (QED) is 0.885. The number of fused-ring (bicyclic) bond motifs is 1. The number of hydrogen-bond acceptors (Lipinski definition) is 5. The molecule has 21 heavy (non-hydrogen) atoms. The van der Waals surface area contributed by atoms with Gasteiger partial charge in [-0.3, -0.25) is 9.89 Å². The highest BCUT2D eigenvalue weighted by Gasteiger charge is 2.20. The van der Waals surface area contributed by atoms with E-state index in [1.807, 2.05) is 5.51 Å². The van der Waals surface area contributed by atoms with Gasteiger partial charge in [-0.25, -0.2) is 4.98 Å². The monoisotopic (exact) mass is 300 g/mol. The zero-order valence-corrected chi connectivity index (χ0v) is 13.1. The van der Waals surface area contributed by atoms with Crippen LogP contribution in [-0.4, -0.2) is 29.7 Å². The van der Waals surface area contributed by atoms with Crippen LogP contribution >= 0.6 is 11.3 Å². The van der Waals surface area contributed by atoms with Crippen LogP contribution in [0.2, 0.25) is 0 Å². The van der Waals surface area contributed by atoms with Gasteiger partial charge in [-0.2, -0.15) is 0 Å². The predicted molar refractivity (Wildman–Crippen MR) is 89.6 cm³/mol. The fourth-order valence-electron chi connectivity index (χ4n) is 2.84. The van der Waals surface area contributed by atoms with Crippen LogP contribution < -0.4 is 5.73 Å². The topological polar surface area (TPSA) is 54.5 Å². The van der Waals surface area contributed by atoms with Crippen molar-refractivity contribution in [1.29, 1.82) is 0 Å². The second-order valence-electron chi connectivity index (χ2n) is 5.42. The van der Waals surface area contributed by atoms with Gasteiger partial charge in [0.15, 0.2) is 0 Å². The molecule has 0 aliphatic carbocycles. The highest BCUT2D eigenvalue weighted by Crippen LogP contribution is 2.28. The van der Waals surface area contributed by atoms with Crippen LogP contribution in [0.4, 0.5) is 0 Å². The molecule has 1 aromatic heterocycles. The van der Waals surface area contributed by atoms with Gasteiger partial charge in [0.25, 0.3) is 0 Å². The summed E-state index contributed by atoms with van der Waals surface area (Å²) in [6.45, 7) is 7.79. The Bertz CT molecular complexity index is 688. The van der Waals surface area contributed by atoms with Gasteiger partial charge in [-0.15, -0.1) is 11.3 Å². The Kier molecular flexibility index (Phi) is 4.03. The van der Waals surface area contributed by atoms with E-state index in [-0.39, 0.29) is 0 Å². The molecule has 0 saturated heterocycles. The van der Waals surface area contributed by atoms with Crippen molar-refractivity contribution >= 4 is 28.3 Å². The van der Waals surface area contributed by atoms with Crippen molar-refractivity contribution in [1.82, 2.24) is 9.88 Å². The summed E-state index contributed by atoms with van der Waals surface area (Å²) in [5.74, 6) is 0. The summed E-state index contributed by atoms with van der Waals surface area (Å²) in [5, 5.41) is 0. The molecule has 1 atom stereocenters. The van der Waals surface area contributed by atoms with E-state index in [1.54, 1.807) is 11.3 Å². The van der Waals surface area contributed by atoms with Crippen LogP contribution in [0.15, 0.2) is 40.1 Å². The van der Waals surface area contributed by atoms with Crippen molar-refractivity contribution in [3.05, 3.63) is 40.7 Å². The minimum Gasteiger partial charge on any atom is -0.401 e. The lowest BCUT2D eigenvalue weighted by atomic mass is 10.1. The number of hydrogen-bond donors (Lipinski definition) is 1. The number of benzene rings is 1. The van der Waals surface area contributed by atoms with Gasteiger partial charge in [0.1, 0.15) is 0 Å². The average Bonchev–Trinajstić information content (AvgIpc) is 2.89. The van der Waals surface area contributed by atoms with Crippen molar-refractivity contribution in [3.63, 3.8) is 0 Å². The fraction of sp³-hybridized carbons (Fsp3) is 0.375. The Morgan fingerprint density at radius 1 is 1.38 bits per heavy atom. The normalized spacial score (nSPS) is 18.7. The molecule has 0 fully saturated rings. The Balaban J connectivity index is 1.79. The van der Waals surface area contributed by atoms with Crippen LogP contribution in [0.1, 0.15) is 31.4 Å². The molecule has 0 spiro atoms. The first-order chi connectivity index (χ1) is 10.2. The molecule has 2 heterocycles. The Morgan fingerprint density at radius 2 is 2.19 bits per heavy atom. The van der Waals surface area contributed by atoms with E-state index < -0.39 is 0 Å². The third kappa shape index (κ3) is 2.84. The molecule has 2 N–H and O–H groups in total. The number of nitrogens with two attached hydrogens (primary N) is 1. The lowest BCUT2D eigenvalue weighted by Crippen LogP contribution is -2.28. The maximum Gasteiger partial charge on any atom is 0.0815 e. The zero-order valence-electron chi connectivity index (χ0n) is 12.2. The van der Waals surface area contributed by atoms with E-state index in [2.05, 4.69) is 46.7 Å². The molecule has 110 valence electrons. The van der Waals surface area contributed by atoms with E-state index in [4.69, 9.17) is 5.73 Å². The summed E-state index contributed by atoms with van der Waals surface area (Å²) in [6.07, 6.45) is 1.73. The summed E-state index contributed by atoms with van der Waals surface area (Å²) in [5.41, 5.74) is 12.2. The minimum atomic E-state index is 0.355. The SMILES string of the molecule is C=NC1=C(N)CCN(C(C)c2ccc3scnc3c2)CC1. The molecule has 0 bridgehead atoms. The first-order valence-electron chi connectivity index (χ1n) is 7.20. The van der Waals surface area contributed by atoms with Crippen molar-refractivity contribution in [2.45, 2.75) is 25.8 Å². The number of aliphatic imine (C=N–C) groups is 1. The van der Waals surface area contributed by atoms with Gasteiger partial charge in [0, 0.05) is 37.7 Å². The van der Waals surface area contributed by atoms with Gasteiger partial charge in [-0.1, -0.05) is 6.07 Å². The summed E-state index contributed by atoms with van der Waals surface area (Å²) < 4.78 is 1.24. The molecule has 1 aromatic carbocycles. The minimum absolute atomic E-state index is 0.355. The van der Waals surface area contributed by atoms with Gasteiger partial charge >= 0.3 is 0 Å². The van der Waals surface area contributed by atoms with E-state index >= 15 is 0 Å². The number of nitrogens with zero attached hydrogens (tertiary/aromatic N) is 3. The predicted octanol–water partition coefficient (Wildman–Crippen LogP) is 3.32. The van der Waals surface area contributed by atoms with E-state index in [0.717, 1.165) is 42.8 Å². The van der Waals surface area contributed by atoms with Crippen molar-refractivity contribution in [2.75, 3.05) is 13.1 Å². The fourth-order valence-corrected chi connectivity index (χ4v) is 3.50. The van der Waals surface area contributed by atoms with Crippen molar-refractivity contribution in [2.24, 2.45) is 10.7 Å². The zero-order chi connectivity index (χ0) is 14.8. The first kappa shape index (κ1) is 14.2. The summed E-state index contributed by atoms with van der Waals surface area (Å²) in [7, 11) is 0. The summed E-state index contributed by atoms with van der Waals surface area (Å²) in [6, 6.07) is 6.93. The molecule has 5 heteroatoms. The smallest absolute Gasteiger partial charge is 0.0815 e. The molecule has 3 rings (SSSR count). The number of thiazole rings is 1. The van der Waals surface area contributed by atoms with Crippen LogP contribution in [0, 0.1) is 0 Å². The van der Waals surface area contributed by atoms with Crippen LogP contribution in [0.5, 0.6) is 0 Å². The van der Waals surface area contributed by atoms with E-state index in [9.17, 15) is 0 Å². The van der Waals surface area contributed by atoms with Crippen LogP contribution in [0.3, 0.4) is 0 Å². The van der Waals surface area contributed by atoms with Gasteiger partial charge in [0.05, 0.1) is 21.4 Å². The molecule has 1 aliphatic heterocycles. The molecule has 4 nitrogen and oxygen atoms in total. The van der Waals surface area contributed by atoms with Gasteiger partial charge < -0.3 is 5.73 Å². The largest absolute Gasteiger partial charge is 0.401 e.